The summed E-state index contributed by atoms with van der Waals surface area (Å²) in [5, 5.41) is 4.46. The van der Waals surface area contributed by atoms with E-state index in [0.717, 1.165) is 36.9 Å². The highest BCUT2D eigenvalue weighted by Gasteiger charge is 2.20. The normalized spacial score (nSPS) is 15.0. The van der Waals surface area contributed by atoms with Gasteiger partial charge in [-0.2, -0.15) is 0 Å². The van der Waals surface area contributed by atoms with Gasteiger partial charge in [0.05, 0.1) is 0 Å². The molecule has 0 radical (unpaired) electrons. The van der Waals surface area contributed by atoms with Crippen LogP contribution in [0.5, 0.6) is 0 Å². The monoisotopic (exact) mass is 378 g/mol. The maximum Gasteiger partial charge on any atom is 0.225 e. The average molecular weight is 379 g/mol. The number of rotatable bonds is 4. The van der Waals surface area contributed by atoms with E-state index in [9.17, 15) is 0 Å². The number of piperidine rings is 1. The molecule has 2 aromatic carbocycles. The van der Waals surface area contributed by atoms with E-state index in [0.29, 0.717) is 6.04 Å². The Labute approximate surface area is 165 Å². The average Bonchev–Trinajstić information content (AvgIpc) is 2.70. The highest BCUT2D eigenvalue weighted by atomic mass is 35.5. The van der Waals surface area contributed by atoms with Crippen molar-refractivity contribution in [2.24, 2.45) is 0 Å². The minimum atomic E-state index is 0.478. The van der Waals surface area contributed by atoms with Gasteiger partial charge in [-0.3, -0.25) is 0 Å². The molecule has 1 aliphatic heterocycles. The summed E-state index contributed by atoms with van der Waals surface area (Å²) in [5.74, 6) is 0.833. The molecule has 27 heavy (non-hydrogen) atoms. The first-order valence-electron chi connectivity index (χ1n) is 9.34. The molecule has 1 aliphatic rings. The first-order chi connectivity index (χ1) is 13.2. The molecule has 138 valence electrons. The molecule has 0 aliphatic carbocycles. The summed E-state index contributed by atoms with van der Waals surface area (Å²) in [6.45, 7) is 4.11. The molecule has 1 saturated heterocycles. The van der Waals surface area contributed by atoms with Gasteiger partial charge in [0.15, 0.2) is 0 Å². The number of hydrogen-bond donors (Lipinski definition) is 1. The second kappa shape index (κ2) is 7.97. The first-order valence-corrected chi connectivity index (χ1v) is 9.72. The zero-order valence-electron chi connectivity index (χ0n) is 15.4. The van der Waals surface area contributed by atoms with E-state index in [1.165, 1.54) is 22.4 Å². The standard InChI is InChI=1S/C22H23ClN4/c1-16-15-20(7-8-21(16)17-3-5-18(23)6-4-17)26-19-9-13-27(14-10-19)22-24-11-2-12-25-22/h2-8,11-12,15,19,26H,9-10,13-14H2,1H3. The molecule has 1 fully saturated rings. The van der Waals surface area contributed by atoms with Crippen LogP contribution in [-0.4, -0.2) is 29.1 Å². The van der Waals surface area contributed by atoms with Crippen LogP contribution in [0.2, 0.25) is 5.02 Å². The first kappa shape index (κ1) is 17.8. The van der Waals surface area contributed by atoms with E-state index in [-0.39, 0.29) is 0 Å². The zero-order chi connectivity index (χ0) is 18.6. The molecule has 0 saturated carbocycles. The highest BCUT2D eigenvalue weighted by molar-refractivity contribution is 6.30. The Kier molecular flexibility index (Phi) is 5.26. The lowest BCUT2D eigenvalue weighted by Gasteiger charge is -2.32. The molecule has 0 spiro atoms. The van der Waals surface area contributed by atoms with Crippen molar-refractivity contribution >= 4 is 23.2 Å². The van der Waals surface area contributed by atoms with E-state index in [1.807, 2.05) is 18.2 Å². The molecule has 0 unspecified atom stereocenters. The van der Waals surface area contributed by atoms with Crippen LogP contribution < -0.4 is 10.2 Å². The Morgan fingerprint density at radius 3 is 2.37 bits per heavy atom. The summed E-state index contributed by atoms with van der Waals surface area (Å²) >= 11 is 6.00. The third-order valence-electron chi connectivity index (χ3n) is 5.08. The largest absolute Gasteiger partial charge is 0.382 e. The van der Waals surface area contributed by atoms with Gasteiger partial charge < -0.3 is 10.2 Å². The lowest BCUT2D eigenvalue weighted by molar-refractivity contribution is 0.520. The lowest BCUT2D eigenvalue weighted by Crippen LogP contribution is -2.39. The number of nitrogens with zero attached hydrogens (tertiary/aromatic N) is 3. The molecule has 0 bridgehead atoms. The second-order valence-electron chi connectivity index (χ2n) is 6.99. The summed E-state index contributed by atoms with van der Waals surface area (Å²) in [6, 6.07) is 16.9. The number of aromatic nitrogens is 2. The molecule has 4 rings (SSSR count). The third-order valence-corrected chi connectivity index (χ3v) is 5.33. The number of nitrogens with one attached hydrogen (secondary N) is 1. The van der Waals surface area contributed by atoms with Gasteiger partial charge in [-0.05, 0) is 66.8 Å². The minimum Gasteiger partial charge on any atom is -0.382 e. The molecular weight excluding hydrogens is 356 g/mol. The van der Waals surface area contributed by atoms with E-state index in [4.69, 9.17) is 11.6 Å². The summed E-state index contributed by atoms with van der Waals surface area (Å²) in [6.07, 6.45) is 5.77. The van der Waals surface area contributed by atoms with Crippen LogP contribution in [0.1, 0.15) is 18.4 Å². The van der Waals surface area contributed by atoms with Crippen LogP contribution in [0, 0.1) is 6.92 Å². The molecule has 1 aromatic heterocycles. The number of aryl methyl sites for hydroxylation is 1. The molecule has 2 heterocycles. The fraction of sp³-hybridized carbons (Fsp3) is 0.273. The molecule has 4 nitrogen and oxygen atoms in total. The molecular formula is C22H23ClN4. The molecule has 3 aromatic rings. The van der Waals surface area contributed by atoms with Gasteiger partial charge in [0.1, 0.15) is 0 Å². The van der Waals surface area contributed by atoms with Gasteiger partial charge in [-0.15, -0.1) is 0 Å². The van der Waals surface area contributed by atoms with E-state index < -0.39 is 0 Å². The van der Waals surface area contributed by atoms with E-state index in [1.54, 1.807) is 12.4 Å². The van der Waals surface area contributed by atoms with Crippen molar-refractivity contribution in [2.45, 2.75) is 25.8 Å². The Bertz CT molecular complexity index is 888. The second-order valence-corrected chi connectivity index (χ2v) is 7.43. The van der Waals surface area contributed by atoms with Gasteiger partial charge in [0.2, 0.25) is 5.95 Å². The maximum atomic E-state index is 6.00. The van der Waals surface area contributed by atoms with Gasteiger partial charge in [-0.25, -0.2) is 9.97 Å². The van der Waals surface area contributed by atoms with Crippen molar-refractivity contribution in [1.29, 1.82) is 0 Å². The highest BCUT2D eigenvalue weighted by Crippen LogP contribution is 2.28. The van der Waals surface area contributed by atoms with Crippen LogP contribution in [0.25, 0.3) is 11.1 Å². The Morgan fingerprint density at radius 1 is 1.00 bits per heavy atom. The minimum absolute atomic E-state index is 0.478. The van der Waals surface area contributed by atoms with Crippen molar-refractivity contribution in [1.82, 2.24) is 9.97 Å². The number of benzene rings is 2. The molecule has 1 N–H and O–H groups in total. The third kappa shape index (κ3) is 4.22. The predicted octanol–water partition coefficient (Wildman–Crippen LogP) is 5.19. The fourth-order valence-corrected chi connectivity index (χ4v) is 3.75. The molecule has 0 amide bonds. The van der Waals surface area contributed by atoms with Gasteiger partial charge in [-0.1, -0.05) is 29.8 Å². The Morgan fingerprint density at radius 2 is 1.70 bits per heavy atom. The van der Waals surface area contributed by atoms with Crippen molar-refractivity contribution in [3.8, 4) is 11.1 Å². The maximum absolute atomic E-state index is 6.00. The smallest absolute Gasteiger partial charge is 0.225 e. The van der Waals surface area contributed by atoms with Crippen molar-refractivity contribution in [2.75, 3.05) is 23.3 Å². The lowest BCUT2D eigenvalue weighted by atomic mass is 9.99. The summed E-state index contributed by atoms with van der Waals surface area (Å²) in [5.41, 5.74) is 4.88. The summed E-state index contributed by atoms with van der Waals surface area (Å²) < 4.78 is 0. The quantitative estimate of drug-likeness (QED) is 0.678. The predicted molar refractivity (Wildman–Crippen MR) is 113 cm³/mol. The van der Waals surface area contributed by atoms with Crippen LogP contribution in [0.3, 0.4) is 0 Å². The van der Waals surface area contributed by atoms with Gasteiger partial charge in [0.25, 0.3) is 0 Å². The number of halogens is 1. The molecule has 5 heteroatoms. The van der Waals surface area contributed by atoms with Crippen LogP contribution in [0.4, 0.5) is 11.6 Å². The Balaban J connectivity index is 1.39. The van der Waals surface area contributed by atoms with Crippen LogP contribution in [-0.2, 0) is 0 Å². The topological polar surface area (TPSA) is 41.0 Å². The fourth-order valence-electron chi connectivity index (χ4n) is 3.62. The number of hydrogen-bond acceptors (Lipinski definition) is 4. The zero-order valence-corrected chi connectivity index (χ0v) is 16.2. The summed E-state index contributed by atoms with van der Waals surface area (Å²) in [7, 11) is 0. The van der Waals surface area contributed by atoms with Gasteiger partial charge in [0, 0.05) is 42.2 Å². The van der Waals surface area contributed by atoms with Gasteiger partial charge >= 0.3 is 0 Å². The summed E-state index contributed by atoms with van der Waals surface area (Å²) in [4.78, 5) is 11.0. The SMILES string of the molecule is Cc1cc(NC2CCN(c3ncccn3)CC2)ccc1-c1ccc(Cl)cc1. The van der Waals surface area contributed by atoms with Crippen molar-refractivity contribution in [3.05, 3.63) is 71.5 Å². The number of anilines is 2. The Hall–Kier alpha value is -2.59. The van der Waals surface area contributed by atoms with Crippen molar-refractivity contribution in [3.63, 3.8) is 0 Å². The van der Waals surface area contributed by atoms with E-state index in [2.05, 4.69) is 57.4 Å². The van der Waals surface area contributed by atoms with Crippen LogP contribution in [0.15, 0.2) is 60.9 Å². The molecule has 0 atom stereocenters. The van der Waals surface area contributed by atoms with Crippen LogP contribution >= 0.6 is 11.6 Å². The van der Waals surface area contributed by atoms with Crippen molar-refractivity contribution < 1.29 is 0 Å². The van der Waals surface area contributed by atoms with E-state index >= 15 is 0 Å².